The lowest BCUT2D eigenvalue weighted by Crippen LogP contribution is -2.18. The molecule has 21 heavy (non-hydrogen) atoms. The van der Waals surface area contributed by atoms with Crippen LogP contribution in [0.5, 0.6) is 0 Å². The van der Waals surface area contributed by atoms with Gasteiger partial charge >= 0.3 is 0 Å². The SMILES string of the molecule is COCCNCc1cn[nH]c1-c1ccc(S(C)(=O)=O)cc1. The van der Waals surface area contributed by atoms with E-state index in [1.165, 1.54) is 6.26 Å². The number of rotatable bonds is 7. The second-order valence-electron chi connectivity index (χ2n) is 4.74. The fourth-order valence-electron chi connectivity index (χ4n) is 1.96. The summed E-state index contributed by atoms with van der Waals surface area (Å²) in [5.74, 6) is 0. The van der Waals surface area contributed by atoms with Crippen molar-refractivity contribution in [2.45, 2.75) is 11.4 Å². The Kier molecular flexibility index (Phi) is 5.11. The predicted molar refractivity (Wildman–Crippen MR) is 80.7 cm³/mol. The van der Waals surface area contributed by atoms with Gasteiger partial charge in [0.15, 0.2) is 9.84 Å². The highest BCUT2D eigenvalue weighted by Gasteiger charge is 2.10. The summed E-state index contributed by atoms with van der Waals surface area (Å²) >= 11 is 0. The largest absolute Gasteiger partial charge is 0.383 e. The van der Waals surface area contributed by atoms with Crippen molar-refractivity contribution in [3.63, 3.8) is 0 Å². The number of nitrogens with one attached hydrogen (secondary N) is 2. The van der Waals surface area contributed by atoms with Crippen LogP contribution < -0.4 is 5.32 Å². The van der Waals surface area contributed by atoms with Crippen LogP contribution in [0.1, 0.15) is 5.56 Å². The third-order valence-corrected chi connectivity index (χ3v) is 4.22. The molecule has 0 aliphatic heterocycles. The van der Waals surface area contributed by atoms with Crippen molar-refractivity contribution in [2.75, 3.05) is 26.5 Å². The second kappa shape index (κ2) is 6.84. The minimum Gasteiger partial charge on any atom is -0.383 e. The van der Waals surface area contributed by atoms with Crippen molar-refractivity contribution < 1.29 is 13.2 Å². The van der Waals surface area contributed by atoms with Gasteiger partial charge in [-0.05, 0) is 17.7 Å². The van der Waals surface area contributed by atoms with Crippen LogP contribution in [0, 0.1) is 0 Å². The quantitative estimate of drug-likeness (QED) is 0.751. The number of H-pyrrole nitrogens is 1. The highest BCUT2D eigenvalue weighted by atomic mass is 32.2. The van der Waals surface area contributed by atoms with Gasteiger partial charge in [-0.2, -0.15) is 5.10 Å². The van der Waals surface area contributed by atoms with Crippen molar-refractivity contribution in [1.29, 1.82) is 0 Å². The van der Waals surface area contributed by atoms with Gasteiger partial charge in [0, 0.05) is 32.0 Å². The number of methoxy groups -OCH3 is 1. The van der Waals surface area contributed by atoms with Crippen molar-refractivity contribution in [3.05, 3.63) is 36.0 Å². The highest BCUT2D eigenvalue weighted by Crippen LogP contribution is 2.22. The van der Waals surface area contributed by atoms with Crippen LogP contribution in [-0.2, 0) is 21.1 Å². The maximum Gasteiger partial charge on any atom is 0.175 e. The van der Waals surface area contributed by atoms with Crippen LogP contribution in [0.2, 0.25) is 0 Å². The normalized spacial score (nSPS) is 11.7. The smallest absolute Gasteiger partial charge is 0.175 e. The van der Waals surface area contributed by atoms with E-state index in [-0.39, 0.29) is 0 Å². The van der Waals surface area contributed by atoms with Crippen molar-refractivity contribution >= 4 is 9.84 Å². The number of ether oxygens (including phenoxy) is 1. The van der Waals surface area contributed by atoms with E-state index in [4.69, 9.17) is 4.74 Å². The first-order chi connectivity index (χ1) is 10.0. The van der Waals surface area contributed by atoms with Crippen LogP contribution in [0.25, 0.3) is 11.3 Å². The molecule has 2 aromatic rings. The zero-order chi connectivity index (χ0) is 15.3. The Morgan fingerprint density at radius 3 is 2.62 bits per heavy atom. The van der Waals surface area contributed by atoms with Crippen molar-refractivity contribution in [2.24, 2.45) is 0 Å². The fraction of sp³-hybridized carbons (Fsp3) is 0.357. The van der Waals surface area contributed by atoms with Gasteiger partial charge in [0.1, 0.15) is 0 Å². The van der Waals surface area contributed by atoms with E-state index in [1.54, 1.807) is 37.6 Å². The minimum atomic E-state index is -3.17. The van der Waals surface area contributed by atoms with Crippen LogP contribution >= 0.6 is 0 Å². The van der Waals surface area contributed by atoms with Crippen LogP contribution in [0.3, 0.4) is 0 Å². The third-order valence-electron chi connectivity index (χ3n) is 3.09. The number of sulfone groups is 1. The molecule has 0 aliphatic carbocycles. The van der Waals surface area contributed by atoms with Gasteiger partial charge in [-0.25, -0.2) is 8.42 Å². The molecule has 0 bridgehead atoms. The van der Waals surface area contributed by atoms with Gasteiger partial charge in [-0.3, -0.25) is 5.10 Å². The number of hydrogen-bond donors (Lipinski definition) is 2. The summed E-state index contributed by atoms with van der Waals surface area (Å²) in [5, 5.41) is 10.3. The summed E-state index contributed by atoms with van der Waals surface area (Å²) in [4.78, 5) is 0.311. The zero-order valence-corrected chi connectivity index (χ0v) is 12.9. The molecule has 0 saturated heterocycles. The van der Waals surface area contributed by atoms with E-state index in [2.05, 4.69) is 15.5 Å². The Morgan fingerprint density at radius 2 is 2.00 bits per heavy atom. The first-order valence-electron chi connectivity index (χ1n) is 6.55. The molecule has 0 amide bonds. The second-order valence-corrected chi connectivity index (χ2v) is 6.75. The molecule has 0 aliphatic rings. The molecule has 0 unspecified atom stereocenters. The summed E-state index contributed by atoms with van der Waals surface area (Å²) in [6.45, 7) is 2.08. The molecule has 0 atom stereocenters. The fourth-order valence-corrected chi connectivity index (χ4v) is 2.59. The predicted octanol–water partition coefficient (Wildman–Crippen LogP) is 1.22. The monoisotopic (exact) mass is 309 g/mol. The molecule has 1 aromatic carbocycles. The van der Waals surface area contributed by atoms with E-state index in [9.17, 15) is 8.42 Å². The molecule has 2 rings (SSSR count). The Labute approximate surface area is 124 Å². The first kappa shape index (κ1) is 15.7. The van der Waals surface area contributed by atoms with Gasteiger partial charge in [-0.15, -0.1) is 0 Å². The van der Waals surface area contributed by atoms with Gasteiger partial charge in [0.05, 0.1) is 23.4 Å². The molecule has 6 nitrogen and oxygen atoms in total. The van der Waals surface area contributed by atoms with Gasteiger partial charge in [0.25, 0.3) is 0 Å². The molecule has 114 valence electrons. The molecule has 7 heteroatoms. The molecular weight excluding hydrogens is 290 g/mol. The Balaban J connectivity index is 2.13. The zero-order valence-electron chi connectivity index (χ0n) is 12.1. The lowest BCUT2D eigenvalue weighted by atomic mass is 10.1. The van der Waals surface area contributed by atoms with E-state index in [0.717, 1.165) is 23.4 Å². The summed E-state index contributed by atoms with van der Waals surface area (Å²) in [6, 6.07) is 6.77. The Morgan fingerprint density at radius 1 is 1.29 bits per heavy atom. The molecule has 1 aromatic heterocycles. The summed E-state index contributed by atoms with van der Waals surface area (Å²) in [7, 11) is -1.51. The number of aromatic amines is 1. The van der Waals surface area contributed by atoms with Crippen LogP contribution in [0.15, 0.2) is 35.4 Å². The summed E-state index contributed by atoms with van der Waals surface area (Å²) in [5.41, 5.74) is 2.82. The molecular formula is C14H19N3O3S. The molecule has 0 spiro atoms. The standard InChI is InChI=1S/C14H19N3O3S/c1-20-8-7-15-9-12-10-16-17-14(12)11-3-5-13(6-4-11)21(2,18)19/h3-6,10,15H,7-9H2,1-2H3,(H,16,17). The molecule has 0 radical (unpaired) electrons. The van der Waals surface area contributed by atoms with E-state index >= 15 is 0 Å². The average molecular weight is 309 g/mol. The van der Waals surface area contributed by atoms with E-state index in [0.29, 0.717) is 18.0 Å². The molecule has 2 N–H and O–H groups in total. The maximum absolute atomic E-state index is 11.5. The molecule has 1 heterocycles. The highest BCUT2D eigenvalue weighted by molar-refractivity contribution is 7.90. The van der Waals surface area contributed by atoms with E-state index in [1.807, 2.05) is 0 Å². The van der Waals surface area contributed by atoms with E-state index < -0.39 is 9.84 Å². The Bertz CT molecular complexity index is 678. The maximum atomic E-state index is 11.5. The number of benzene rings is 1. The third kappa shape index (κ3) is 4.13. The topological polar surface area (TPSA) is 84.1 Å². The number of aromatic nitrogens is 2. The summed E-state index contributed by atoms with van der Waals surface area (Å²) < 4.78 is 27.9. The number of hydrogen-bond acceptors (Lipinski definition) is 5. The van der Waals surface area contributed by atoms with Crippen LogP contribution in [0.4, 0.5) is 0 Å². The molecule has 0 fully saturated rings. The lowest BCUT2D eigenvalue weighted by Gasteiger charge is -2.06. The van der Waals surface area contributed by atoms with Gasteiger partial charge in [-0.1, -0.05) is 12.1 Å². The number of nitrogens with zero attached hydrogens (tertiary/aromatic N) is 1. The van der Waals surface area contributed by atoms with Crippen LogP contribution in [-0.4, -0.2) is 45.1 Å². The van der Waals surface area contributed by atoms with Crippen molar-refractivity contribution in [3.8, 4) is 11.3 Å². The van der Waals surface area contributed by atoms with Crippen molar-refractivity contribution in [1.82, 2.24) is 15.5 Å². The minimum absolute atomic E-state index is 0.311. The molecule has 0 saturated carbocycles. The Hall–Kier alpha value is -1.70. The summed E-state index contributed by atoms with van der Waals surface area (Å²) in [6.07, 6.45) is 2.96. The first-order valence-corrected chi connectivity index (χ1v) is 8.44. The average Bonchev–Trinajstić information content (AvgIpc) is 2.91. The van der Waals surface area contributed by atoms with Gasteiger partial charge < -0.3 is 10.1 Å². The van der Waals surface area contributed by atoms with Gasteiger partial charge in [0.2, 0.25) is 0 Å². The lowest BCUT2D eigenvalue weighted by molar-refractivity contribution is 0.199.